The van der Waals surface area contributed by atoms with Crippen molar-refractivity contribution in [1.82, 2.24) is 5.32 Å². The Morgan fingerprint density at radius 2 is 1.71 bits per heavy atom. The second-order valence-corrected chi connectivity index (χ2v) is 6.92. The molecule has 0 bridgehead atoms. The topological polar surface area (TPSA) is 29.1 Å². The molecule has 0 saturated heterocycles. The average Bonchev–Trinajstić information content (AvgIpc) is 2.48. The van der Waals surface area contributed by atoms with E-state index in [1.807, 2.05) is 12.1 Å². The van der Waals surface area contributed by atoms with Gasteiger partial charge in [0.15, 0.2) is 0 Å². The van der Waals surface area contributed by atoms with Crippen molar-refractivity contribution in [2.45, 2.75) is 24.8 Å². The van der Waals surface area contributed by atoms with Crippen LogP contribution >= 0.6 is 11.6 Å². The van der Waals surface area contributed by atoms with E-state index in [1.165, 1.54) is 11.1 Å². The minimum atomic E-state index is -1.05. The highest BCUT2D eigenvalue weighted by Gasteiger charge is 2.15. The Hall–Kier alpha value is -1.16. The van der Waals surface area contributed by atoms with Gasteiger partial charge >= 0.3 is 0 Å². The molecule has 0 spiro atoms. The fourth-order valence-electron chi connectivity index (χ4n) is 2.15. The molecule has 0 fully saturated rings. The molecular formula is C17H20ClNOS. The van der Waals surface area contributed by atoms with E-state index in [0.717, 1.165) is 11.4 Å². The maximum atomic E-state index is 12.5. The quantitative estimate of drug-likeness (QED) is 0.867. The molecule has 21 heavy (non-hydrogen) atoms. The molecule has 2 unspecified atom stereocenters. The van der Waals surface area contributed by atoms with E-state index < -0.39 is 10.8 Å². The van der Waals surface area contributed by atoms with Crippen molar-refractivity contribution in [2.75, 3.05) is 12.3 Å². The second kappa shape index (κ2) is 7.74. The Morgan fingerprint density at radius 3 is 2.29 bits per heavy atom. The summed E-state index contributed by atoms with van der Waals surface area (Å²) in [6, 6.07) is 15.7. The highest BCUT2D eigenvalue weighted by atomic mass is 35.5. The first kappa shape index (κ1) is 16.2. The predicted molar refractivity (Wildman–Crippen MR) is 90.3 cm³/mol. The van der Waals surface area contributed by atoms with E-state index in [1.54, 1.807) is 12.1 Å². The molecule has 2 aromatic rings. The van der Waals surface area contributed by atoms with Crippen molar-refractivity contribution >= 4 is 22.4 Å². The Kier molecular flexibility index (Phi) is 5.97. The average molecular weight is 322 g/mol. The molecule has 0 aliphatic heterocycles. The first-order valence-electron chi connectivity index (χ1n) is 7.04. The summed E-state index contributed by atoms with van der Waals surface area (Å²) in [6.07, 6.45) is 0. The smallest absolute Gasteiger partial charge is 0.0548 e. The summed E-state index contributed by atoms with van der Waals surface area (Å²) in [6.45, 7) is 4.97. The Labute approximate surface area is 134 Å². The van der Waals surface area contributed by atoms with Gasteiger partial charge in [0.25, 0.3) is 0 Å². The number of hydrogen-bond acceptors (Lipinski definition) is 2. The Morgan fingerprint density at radius 1 is 1.10 bits per heavy atom. The van der Waals surface area contributed by atoms with Gasteiger partial charge in [-0.3, -0.25) is 4.21 Å². The lowest BCUT2D eigenvalue weighted by molar-refractivity contribution is 0.594. The molecule has 0 amide bonds. The minimum absolute atomic E-state index is 0.0899. The zero-order chi connectivity index (χ0) is 15.2. The van der Waals surface area contributed by atoms with E-state index in [4.69, 9.17) is 11.6 Å². The van der Waals surface area contributed by atoms with Crippen LogP contribution in [0.5, 0.6) is 0 Å². The molecule has 4 heteroatoms. The zero-order valence-electron chi connectivity index (χ0n) is 12.3. The number of rotatable bonds is 6. The second-order valence-electron chi connectivity index (χ2n) is 4.99. The molecule has 2 atom stereocenters. The number of nitrogens with one attached hydrogen (secondary N) is 1. The van der Waals surface area contributed by atoms with E-state index in [-0.39, 0.29) is 6.04 Å². The van der Waals surface area contributed by atoms with E-state index >= 15 is 0 Å². The number of halogens is 1. The Balaban J connectivity index is 2.13. The largest absolute Gasteiger partial charge is 0.309 e. The highest BCUT2D eigenvalue weighted by Crippen LogP contribution is 2.19. The van der Waals surface area contributed by atoms with Crippen molar-refractivity contribution in [3.63, 3.8) is 0 Å². The summed E-state index contributed by atoms with van der Waals surface area (Å²) < 4.78 is 12.5. The van der Waals surface area contributed by atoms with Crippen LogP contribution in [0, 0.1) is 6.92 Å². The summed E-state index contributed by atoms with van der Waals surface area (Å²) >= 11 is 5.87. The number of hydrogen-bond donors (Lipinski definition) is 1. The fourth-order valence-corrected chi connectivity index (χ4v) is 3.52. The molecule has 0 saturated carbocycles. The monoisotopic (exact) mass is 321 g/mol. The summed E-state index contributed by atoms with van der Waals surface area (Å²) in [5.74, 6) is 0.554. The molecule has 1 N–H and O–H groups in total. The lowest BCUT2D eigenvalue weighted by atomic mass is 10.1. The third-order valence-corrected chi connectivity index (χ3v) is 5.01. The molecule has 0 heterocycles. The van der Waals surface area contributed by atoms with E-state index in [9.17, 15) is 4.21 Å². The van der Waals surface area contributed by atoms with Gasteiger partial charge in [-0.1, -0.05) is 48.4 Å². The third-order valence-electron chi connectivity index (χ3n) is 3.32. The van der Waals surface area contributed by atoms with Crippen LogP contribution < -0.4 is 5.32 Å². The zero-order valence-corrected chi connectivity index (χ0v) is 13.9. The van der Waals surface area contributed by atoms with Crippen LogP contribution in [0.2, 0.25) is 5.02 Å². The molecule has 112 valence electrons. The molecule has 2 nitrogen and oxygen atoms in total. The molecule has 2 rings (SSSR count). The summed E-state index contributed by atoms with van der Waals surface area (Å²) in [5, 5.41) is 4.08. The van der Waals surface area contributed by atoms with Crippen molar-refractivity contribution in [3.8, 4) is 0 Å². The van der Waals surface area contributed by atoms with E-state index in [0.29, 0.717) is 10.8 Å². The minimum Gasteiger partial charge on any atom is -0.309 e. The SMILES string of the molecule is CCNC(CS(=O)c1ccc(Cl)cc1)c1ccc(C)cc1. The van der Waals surface area contributed by atoms with Gasteiger partial charge in [-0.2, -0.15) is 0 Å². The highest BCUT2D eigenvalue weighted by molar-refractivity contribution is 7.85. The fraction of sp³-hybridized carbons (Fsp3) is 0.294. The van der Waals surface area contributed by atoms with Crippen molar-refractivity contribution in [2.24, 2.45) is 0 Å². The molecule has 0 aromatic heterocycles. The molecule has 0 aliphatic rings. The number of aryl methyl sites for hydroxylation is 1. The summed E-state index contributed by atoms with van der Waals surface area (Å²) in [7, 11) is -1.05. The van der Waals surface area contributed by atoms with Gasteiger partial charge in [-0.05, 0) is 43.3 Å². The van der Waals surface area contributed by atoms with Crippen LogP contribution in [0.25, 0.3) is 0 Å². The maximum absolute atomic E-state index is 12.5. The normalized spacial score (nSPS) is 13.9. The van der Waals surface area contributed by atoms with Crippen LogP contribution in [0.3, 0.4) is 0 Å². The van der Waals surface area contributed by atoms with Crippen molar-refractivity contribution in [1.29, 1.82) is 0 Å². The van der Waals surface area contributed by atoms with Crippen molar-refractivity contribution in [3.05, 3.63) is 64.7 Å². The van der Waals surface area contributed by atoms with Crippen LogP contribution in [-0.4, -0.2) is 16.5 Å². The van der Waals surface area contributed by atoms with Gasteiger partial charge in [0.05, 0.1) is 10.8 Å². The summed E-state index contributed by atoms with van der Waals surface area (Å²) in [4.78, 5) is 0.814. The lowest BCUT2D eigenvalue weighted by Gasteiger charge is -2.18. The van der Waals surface area contributed by atoms with Crippen LogP contribution in [0.15, 0.2) is 53.4 Å². The van der Waals surface area contributed by atoms with Gasteiger partial charge in [0.1, 0.15) is 0 Å². The van der Waals surface area contributed by atoms with Gasteiger partial charge in [-0.25, -0.2) is 0 Å². The predicted octanol–water partition coefficient (Wildman–Crippen LogP) is 4.11. The molecule has 0 aliphatic carbocycles. The van der Waals surface area contributed by atoms with Crippen LogP contribution in [0.1, 0.15) is 24.1 Å². The lowest BCUT2D eigenvalue weighted by Crippen LogP contribution is -2.26. The molecule has 0 radical (unpaired) electrons. The third kappa shape index (κ3) is 4.67. The Bertz CT molecular complexity index is 595. The van der Waals surface area contributed by atoms with Crippen LogP contribution in [0.4, 0.5) is 0 Å². The van der Waals surface area contributed by atoms with Crippen molar-refractivity contribution < 1.29 is 4.21 Å². The van der Waals surface area contributed by atoms with Crippen LogP contribution in [-0.2, 0) is 10.8 Å². The standard InChI is InChI=1S/C17H20ClNOS/c1-3-19-17(14-6-4-13(2)5-7-14)12-21(20)16-10-8-15(18)9-11-16/h4-11,17,19H,3,12H2,1-2H3. The van der Waals surface area contributed by atoms with Gasteiger partial charge in [0, 0.05) is 21.7 Å². The van der Waals surface area contributed by atoms with E-state index in [2.05, 4.69) is 43.4 Å². The molecule has 2 aromatic carbocycles. The maximum Gasteiger partial charge on any atom is 0.0548 e. The first-order chi connectivity index (χ1) is 10.1. The van der Waals surface area contributed by atoms with Gasteiger partial charge < -0.3 is 5.32 Å². The van der Waals surface area contributed by atoms with Gasteiger partial charge in [0.2, 0.25) is 0 Å². The molecular weight excluding hydrogens is 302 g/mol. The summed E-state index contributed by atoms with van der Waals surface area (Å²) in [5.41, 5.74) is 2.40. The van der Waals surface area contributed by atoms with Gasteiger partial charge in [-0.15, -0.1) is 0 Å². The first-order valence-corrected chi connectivity index (χ1v) is 8.73. The number of benzene rings is 2.